The van der Waals surface area contributed by atoms with Gasteiger partial charge in [-0.3, -0.25) is 4.55 Å². The third-order valence-electron chi connectivity index (χ3n) is 1.17. The van der Waals surface area contributed by atoms with Crippen molar-refractivity contribution in [2.75, 3.05) is 13.2 Å². The second-order valence-electron chi connectivity index (χ2n) is 2.59. The molecule has 0 bridgehead atoms. The molecule has 98 valence electrons. The molecule has 0 aliphatic rings. The summed E-state index contributed by atoms with van der Waals surface area (Å²) in [5.74, 6) is 0. The number of hydrogen-bond acceptors (Lipinski definition) is 4. The first kappa shape index (κ1) is 22.8. The molecule has 0 amide bonds. The first-order valence-corrected chi connectivity index (χ1v) is 6.11. The molecule has 0 saturated heterocycles. The van der Waals surface area contributed by atoms with E-state index < -0.39 is 10.1 Å². The van der Waals surface area contributed by atoms with Crippen LogP contribution in [0.3, 0.4) is 0 Å². The van der Waals surface area contributed by atoms with Gasteiger partial charge in [-0.05, 0) is 12.1 Å². The zero-order chi connectivity index (χ0) is 13.7. The maximum atomic E-state index is 10.4. The Morgan fingerprint density at radius 2 is 1.67 bits per heavy atom. The first-order chi connectivity index (χ1) is 7.93. The van der Waals surface area contributed by atoms with Crippen molar-refractivity contribution in [3.05, 3.63) is 49.9 Å². The number of rotatable bonds is 2. The fraction of sp³-hybridized carbons (Fsp3) is 0.182. The number of aliphatic hydroxyl groups is 1. The molecular formula is C11H18NNaO4S. The quantitative estimate of drug-likeness (QED) is 0.327. The van der Waals surface area contributed by atoms with Gasteiger partial charge >= 0.3 is 29.6 Å². The van der Waals surface area contributed by atoms with Gasteiger partial charge in [-0.15, -0.1) is 0 Å². The molecule has 0 aromatic heterocycles. The van der Waals surface area contributed by atoms with Crippen LogP contribution in [0, 0.1) is 6.92 Å². The second kappa shape index (κ2) is 14.7. The van der Waals surface area contributed by atoms with Crippen molar-refractivity contribution in [1.29, 1.82) is 0 Å². The van der Waals surface area contributed by atoms with Gasteiger partial charge in [0, 0.05) is 6.54 Å². The van der Waals surface area contributed by atoms with Gasteiger partial charge in [0.2, 0.25) is 0 Å². The molecule has 4 N–H and O–H groups in total. The van der Waals surface area contributed by atoms with E-state index in [9.17, 15) is 8.42 Å². The van der Waals surface area contributed by atoms with E-state index >= 15 is 0 Å². The minimum Gasteiger partial charge on any atom is -0.395 e. The van der Waals surface area contributed by atoms with E-state index in [4.69, 9.17) is 15.4 Å². The topological polar surface area (TPSA) is 101 Å². The summed E-state index contributed by atoms with van der Waals surface area (Å²) in [6, 6.07) is 7.42. The van der Waals surface area contributed by atoms with Crippen LogP contribution in [0.4, 0.5) is 0 Å². The molecular weight excluding hydrogens is 265 g/mol. The molecule has 0 saturated carbocycles. The monoisotopic (exact) mass is 283 g/mol. The molecule has 1 aromatic rings. The van der Waals surface area contributed by atoms with E-state index in [0.717, 1.165) is 0 Å². The molecule has 1 aromatic carbocycles. The van der Waals surface area contributed by atoms with Gasteiger partial charge in [0.25, 0.3) is 10.1 Å². The number of allylic oxidation sites excluding steroid dienone is 1. The van der Waals surface area contributed by atoms with Crippen molar-refractivity contribution in [2.45, 2.75) is 4.90 Å². The largest absolute Gasteiger partial charge is 1.00 e. The predicted molar refractivity (Wildman–Crippen MR) is 68.0 cm³/mol. The van der Waals surface area contributed by atoms with E-state index in [-0.39, 0.29) is 41.1 Å². The van der Waals surface area contributed by atoms with Gasteiger partial charge in [0.05, 0.1) is 11.5 Å². The van der Waals surface area contributed by atoms with Crippen LogP contribution in [0.2, 0.25) is 0 Å². The number of benzene rings is 1. The summed E-state index contributed by atoms with van der Waals surface area (Å²) >= 11 is 0. The SMILES string of the molecule is C=C[CH2-].NCCO.O=S(=O)(O)c1ccccc1.[Na+]. The summed E-state index contributed by atoms with van der Waals surface area (Å²) in [4.78, 5) is -0.0741. The van der Waals surface area contributed by atoms with E-state index in [1.807, 2.05) is 0 Å². The van der Waals surface area contributed by atoms with Gasteiger partial charge in [-0.1, -0.05) is 18.2 Å². The molecule has 0 fully saturated rings. The summed E-state index contributed by atoms with van der Waals surface area (Å²) in [7, 11) is -4.00. The Kier molecular flexibility index (Phi) is 18.7. The number of aliphatic hydroxyl groups excluding tert-OH is 1. The first-order valence-electron chi connectivity index (χ1n) is 4.67. The Morgan fingerprint density at radius 3 is 1.83 bits per heavy atom. The summed E-state index contributed by atoms with van der Waals surface area (Å²) in [5.41, 5.74) is 4.78. The Bertz CT molecular complexity index is 379. The van der Waals surface area contributed by atoms with Crippen LogP contribution in [0.25, 0.3) is 0 Å². The summed E-state index contributed by atoms with van der Waals surface area (Å²) < 4.78 is 29.2. The fourth-order valence-electron chi connectivity index (χ4n) is 0.592. The molecule has 0 atom stereocenters. The van der Waals surface area contributed by atoms with Gasteiger partial charge < -0.3 is 10.8 Å². The zero-order valence-corrected chi connectivity index (χ0v) is 13.3. The van der Waals surface area contributed by atoms with Crippen LogP contribution < -0.4 is 35.3 Å². The number of nitrogens with two attached hydrogens (primary N) is 1. The van der Waals surface area contributed by atoms with E-state index in [1.54, 1.807) is 18.2 Å². The molecule has 7 heteroatoms. The molecule has 5 nitrogen and oxygen atoms in total. The van der Waals surface area contributed by atoms with Crippen LogP contribution in [0.15, 0.2) is 47.9 Å². The van der Waals surface area contributed by atoms with E-state index in [1.165, 1.54) is 18.2 Å². The molecule has 0 heterocycles. The summed E-state index contributed by atoms with van der Waals surface area (Å²) in [6.45, 7) is 6.97. The van der Waals surface area contributed by atoms with Crippen LogP contribution >= 0.6 is 0 Å². The standard InChI is InChI=1S/C6H6O3S.C3H5.C2H7NO.Na/c7-10(8,9)6-4-2-1-3-5-6;1-3-2;3-1-2-4;/h1-5H,(H,7,8,9);3H,1-2H2;4H,1-3H2;/q;-1;;+1. The average Bonchev–Trinajstić information content (AvgIpc) is 2.31. The molecule has 0 unspecified atom stereocenters. The van der Waals surface area contributed by atoms with Crippen LogP contribution in [-0.2, 0) is 10.1 Å². The third kappa shape index (κ3) is 15.7. The Labute approximate surface area is 131 Å². The van der Waals surface area contributed by atoms with Crippen molar-refractivity contribution in [1.82, 2.24) is 0 Å². The zero-order valence-electron chi connectivity index (χ0n) is 10.5. The molecule has 18 heavy (non-hydrogen) atoms. The maximum Gasteiger partial charge on any atom is 1.00 e. The van der Waals surface area contributed by atoms with Crippen LogP contribution in [-0.4, -0.2) is 31.2 Å². The summed E-state index contributed by atoms with van der Waals surface area (Å²) in [6.07, 6.45) is 1.50. The van der Waals surface area contributed by atoms with Crippen molar-refractivity contribution >= 4 is 10.1 Å². The Balaban J connectivity index is -0.000000240. The van der Waals surface area contributed by atoms with Gasteiger partial charge in [0.15, 0.2) is 0 Å². The van der Waals surface area contributed by atoms with Crippen molar-refractivity contribution < 1.29 is 47.6 Å². The Morgan fingerprint density at radius 1 is 1.33 bits per heavy atom. The Hall–Kier alpha value is -0.340. The minimum atomic E-state index is -4.00. The summed E-state index contributed by atoms with van der Waals surface area (Å²) in [5, 5.41) is 7.75. The molecule has 0 aliphatic heterocycles. The van der Waals surface area contributed by atoms with Crippen LogP contribution in [0.1, 0.15) is 0 Å². The fourth-order valence-corrected chi connectivity index (χ4v) is 1.09. The van der Waals surface area contributed by atoms with Gasteiger partial charge in [0.1, 0.15) is 0 Å². The molecule has 0 spiro atoms. The van der Waals surface area contributed by atoms with E-state index in [0.29, 0.717) is 6.54 Å². The normalized spacial score (nSPS) is 8.61. The number of hydrogen-bond donors (Lipinski definition) is 3. The van der Waals surface area contributed by atoms with Crippen LogP contribution in [0.5, 0.6) is 0 Å². The molecule has 0 radical (unpaired) electrons. The predicted octanol–water partition coefficient (Wildman–Crippen LogP) is -2.12. The minimum absolute atomic E-state index is 0. The third-order valence-corrected chi connectivity index (χ3v) is 2.04. The molecule has 1 rings (SSSR count). The van der Waals surface area contributed by atoms with E-state index in [2.05, 4.69) is 13.5 Å². The van der Waals surface area contributed by atoms with Crippen molar-refractivity contribution in [3.8, 4) is 0 Å². The van der Waals surface area contributed by atoms with Gasteiger partial charge in [-0.2, -0.15) is 8.42 Å². The van der Waals surface area contributed by atoms with Crippen molar-refractivity contribution in [3.63, 3.8) is 0 Å². The second-order valence-corrected chi connectivity index (χ2v) is 4.01. The average molecular weight is 283 g/mol. The maximum absolute atomic E-state index is 10.4. The van der Waals surface area contributed by atoms with Gasteiger partial charge in [-0.25, -0.2) is 19.6 Å². The molecule has 0 aliphatic carbocycles. The smallest absolute Gasteiger partial charge is 0.395 e. The van der Waals surface area contributed by atoms with Crippen molar-refractivity contribution in [2.24, 2.45) is 5.73 Å².